The van der Waals surface area contributed by atoms with Crippen LogP contribution in [0.1, 0.15) is 26.3 Å². The number of aryl methyl sites for hydroxylation is 1. The molecule has 84 valence electrons. The molecule has 0 aliphatic carbocycles. The lowest BCUT2D eigenvalue weighted by molar-refractivity contribution is 0.275. The minimum atomic E-state index is 0.248. The maximum Gasteiger partial charge on any atom is 0.0556 e. The van der Waals surface area contributed by atoms with Gasteiger partial charge < -0.3 is 5.11 Å². The first-order valence-electron chi connectivity index (χ1n) is 5.53. The van der Waals surface area contributed by atoms with Gasteiger partial charge in [0.15, 0.2) is 0 Å². The van der Waals surface area contributed by atoms with Crippen molar-refractivity contribution in [2.45, 2.75) is 37.3 Å². The topological polar surface area (TPSA) is 20.2 Å². The molecule has 1 atom stereocenters. The maximum absolute atomic E-state index is 9.24. The highest BCUT2D eigenvalue weighted by molar-refractivity contribution is 8.00. The fraction of sp³-hybridized carbons (Fsp3) is 0.538. The molecule has 1 aromatic carbocycles. The summed E-state index contributed by atoms with van der Waals surface area (Å²) in [6.07, 6.45) is 1.08. The second-order valence-corrected chi connectivity index (χ2v) is 5.39. The van der Waals surface area contributed by atoms with E-state index in [0.29, 0.717) is 11.2 Å². The van der Waals surface area contributed by atoms with Gasteiger partial charge in [-0.25, -0.2) is 0 Å². The Labute approximate surface area is 96.9 Å². The van der Waals surface area contributed by atoms with E-state index in [9.17, 15) is 5.11 Å². The first-order chi connectivity index (χ1) is 7.17. The zero-order chi connectivity index (χ0) is 11.3. The number of aliphatic hydroxyl groups excluding tert-OH is 1. The van der Waals surface area contributed by atoms with Crippen molar-refractivity contribution in [1.82, 2.24) is 0 Å². The Morgan fingerprint density at radius 1 is 1.20 bits per heavy atom. The molecule has 1 nitrogen and oxygen atoms in total. The van der Waals surface area contributed by atoms with Crippen molar-refractivity contribution in [1.29, 1.82) is 0 Å². The zero-order valence-corrected chi connectivity index (χ0v) is 10.6. The van der Waals surface area contributed by atoms with Crippen LogP contribution in [0.3, 0.4) is 0 Å². The van der Waals surface area contributed by atoms with Gasteiger partial charge in [0.05, 0.1) is 6.61 Å². The van der Waals surface area contributed by atoms with Crippen LogP contribution in [0.4, 0.5) is 0 Å². The molecular weight excluding hydrogens is 204 g/mol. The molecule has 1 aromatic rings. The summed E-state index contributed by atoms with van der Waals surface area (Å²) in [7, 11) is 0. The van der Waals surface area contributed by atoms with Gasteiger partial charge in [0.1, 0.15) is 0 Å². The molecule has 0 amide bonds. The maximum atomic E-state index is 9.24. The van der Waals surface area contributed by atoms with Gasteiger partial charge in [-0.1, -0.05) is 32.9 Å². The summed E-state index contributed by atoms with van der Waals surface area (Å²) in [5.74, 6) is 0.505. The van der Waals surface area contributed by atoms with Crippen molar-refractivity contribution in [3.63, 3.8) is 0 Å². The molecule has 15 heavy (non-hydrogen) atoms. The third-order valence-corrected chi connectivity index (χ3v) is 4.08. The largest absolute Gasteiger partial charge is 0.395 e. The zero-order valence-electron chi connectivity index (χ0n) is 9.73. The number of benzene rings is 1. The average molecular weight is 224 g/mol. The molecule has 0 radical (unpaired) electrons. The molecule has 1 unspecified atom stereocenters. The van der Waals surface area contributed by atoms with Crippen LogP contribution in [-0.4, -0.2) is 17.0 Å². The van der Waals surface area contributed by atoms with E-state index in [4.69, 9.17) is 0 Å². The molecule has 2 heteroatoms. The highest BCUT2D eigenvalue weighted by Crippen LogP contribution is 2.27. The summed E-state index contributed by atoms with van der Waals surface area (Å²) in [5.41, 5.74) is 1.37. The molecule has 0 fully saturated rings. The van der Waals surface area contributed by atoms with Crippen LogP contribution in [0, 0.1) is 5.92 Å². The molecular formula is C13H20OS. The van der Waals surface area contributed by atoms with E-state index < -0.39 is 0 Å². The van der Waals surface area contributed by atoms with E-state index in [-0.39, 0.29) is 6.61 Å². The second kappa shape index (κ2) is 6.19. The van der Waals surface area contributed by atoms with Gasteiger partial charge in [-0.3, -0.25) is 0 Å². The second-order valence-electron chi connectivity index (χ2n) is 4.08. The van der Waals surface area contributed by atoms with Crippen LogP contribution < -0.4 is 0 Å². The molecule has 0 aliphatic rings. The minimum Gasteiger partial charge on any atom is -0.395 e. The van der Waals surface area contributed by atoms with E-state index in [1.54, 1.807) is 11.8 Å². The average Bonchev–Trinajstić information content (AvgIpc) is 2.26. The summed E-state index contributed by atoms with van der Waals surface area (Å²) < 4.78 is 0. The van der Waals surface area contributed by atoms with Gasteiger partial charge >= 0.3 is 0 Å². The van der Waals surface area contributed by atoms with Gasteiger partial charge in [0, 0.05) is 10.1 Å². The first-order valence-corrected chi connectivity index (χ1v) is 6.41. The summed E-state index contributed by atoms with van der Waals surface area (Å²) in [4.78, 5) is 1.25. The van der Waals surface area contributed by atoms with Gasteiger partial charge in [0.2, 0.25) is 0 Å². The number of aliphatic hydroxyl groups is 1. The van der Waals surface area contributed by atoms with Gasteiger partial charge in [0.25, 0.3) is 0 Å². The van der Waals surface area contributed by atoms with Crippen LogP contribution in [0.5, 0.6) is 0 Å². The Morgan fingerprint density at radius 3 is 2.20 bits per heavy atom. The lowest BCUT2D eigenvalue weighted by atomic mass is 10.1. The molecule has 1 rings (SSSR count). The van der Waals surface area contributed by atoms with Crippen molar-refractivity contribution in [2.24, 2.45) is 5.92 Å². The molecule has 0 saturated carbocycles. The highest BCUT2D eigenvalue weighted by Gasteiger charge is 2.13. The van der Waals surface area contributed by atoms with Crippen LogP contribution in [-0.2, 0) is 6.42 Å². The van der Waals surface area contributed by atoms with E-state index in [1.807, 2.05) is 0 Å². The molecule has 1 N–H and O–H groups in total. The SMILES string of the molecule is CCc1ccc(SC(CO)C(C)C)cc1. The van der Waals surface area contributed by atoms with Crippen molar-refractivity contribution in [2.75, 3.05) is 6.61 Å². The highest BCUT2D eigenvalue weighted by atomic mass is 32.2. The Morgan fingerprint density at radius 2 is 1.80 bits per heavy atom. The van der Waals surface area contributed by atoms with E-state index in [2.05, 4.69) is 45.0 Å². The Balaban J connectivity index is 2.63. The third-order valence-electron chi connectivity index (χ3n) is 2.54. The van der Waals surface area contributed by atoms with Crippen molar-refractivity contribution in [3.8, 4) is 0 Å². The normalized spacial score (nSPS) is 13.1. The summed E-state index contributed by atoms with van der Waals surface area (Å²) in [6, 6.07) is 8.62. The van der Waals surface area contributed by atoms with Crippen LogP contribution in [0.15, 0.2) is 29.2 Å². The molecule has 0 spiro atoms. The first kappa shape index (κ1) is 12.6. The quantitative estimate of drug-likeness (QED) is 0.774. The Hall–Kier alpha value is -0.470. The molecule has 0 aromatic heterocycles. The smallest absolute Gasteiger partial charge is 0.0556 e. The van der Waals surface area contributed by atoms with E-state index in [1.165, 1.54) is 10.5 Å². The van der Waals surface area contributed by atoms with Gasteiger partial charge in [-0.05, 0) is 30.0 Å². The van der Waals surface area contributed by atoms with Crippen molar-refractivity contribution < 1.29 is 5.11 Å². The van der Waals surface area contributed by atoms with Crippen molar-refractivity contribution in [3.05, 3.63) is 29.8 Å². The Bertz CT molecular complexity index is 279. The van der Waals surface area contributed by atoms with Gasteiger partial charge in [-0.15, -0.1) is 11.8 Å². The fourth-order valence-corrected chi connectivity index (χ4v) is 2.35. The summed E-state index contributed by atoms with van der Waals surface area (Å²) >= 11 is 1.77. The van der Waals surface area contributed by atoms with Crippen LogP contribution in [0.2, 0.25) is 0 Å². The minimum absolute atomic E-state index is 0.248. The molecule has 0 saturated heterocycles. The lowest BCUT2D eigenvalue weighted by Crippen LogP contribution is -2.15. The molecule has 0 bridgehead atoms. The number of hydrogen-bond acceptors (Lipinski definition) is 2. The van der Waals surface area contributed by atoms with Crippen LogP contribution in [0.25, 0.3) is 0 Å². The Kier molecular flexibility index (Phi) is 5.20. The number of hydrogen-bond donors (Lipinski definition) is 1. The van der Waals surface area contributed by atoms with Gasteiger partial charge in [-0.2, -0.15) is 0 Å². The molecule has 0 heterocycles. The number of rotatable bonds is 5. The fourth-order valence-electron chi connectivity index (χ4n) is 1.36. The molecule has 0 aliphatic heterocycles. The van der Waals surface area contributed by atoms with Crippen molar-refractivity contribution >= 4 is 11.8 Å². The summed E-state index contributed by atoms with van der Waals surface area (Å²) in [5, 5.41) is 9.54. The van der Waals surface area contributed by atoms with Crippen LogP contribution >= 0.6 is 11.8 Å². The summed E-state index contributed by atoms with van der Waals surface area (Å²) in [6.45, 7) is 6.70. The monoisotopic (exact) mass is 224 g/mol. The number of thioether (sulfide) groups is 1. The lowest BCUT2D eigenvalue weighted by Gasteiger charge is -2.17. The predicted molar refractivity (Wildman–Crippen MR) is 67.4 cm³/mol. The van der Waals surface area contributed by atoms with E-state index >= 15 is 0 Å². The van der Waals surface area contributed by atoms with E-state index in [0.717, 1.165) is 6.42 Å². The third kappa shape index (κ3) is 3.88. The standard InChI is InChI=1S/C13H20OS/c1-4-11-5-7-12(8-6-11)15-13(9-14)10(2)3/h5-8,10,13-14H,4,9H2,1-3H3. The predicted octanol–water partition coefficient (Wildman–Crippen LogP) is 3.36.